The van der Waals surface area contributed by atoms with E-state index in [1.807, 2.05) is 24.3 Å². The molecule has 0 unspecified atom stereocenters. The fourth-order valence-electron chi connectivity index (χ4n) is 1.85. The van der Waals surface area contributed by atoms with Crippen LogP contribution in [-0.4, -0.2) is 19.5 Å². The van der Waals surface area contributed by atoms with Crippen molar-refractivity contribution >= 4 is 17.5 Å². The molecule has 1 saturated carbocycles. The average Bonchev–Trinajstić information content (AvgIpc) is 3.00. The molecule has 4 heteroatoms. The summed E-state index contributed by atoms with van der Waals surface area (Å²) >= 11 is 5.84. The number of hydrogen-bond acceptors (Lipinski definition) is 2. The molecule has 0 aliphatic heterocycles. The van der Waals surface area contributed by atoms with Crippen LogP contribution in [0.25, 0.3) is 0 Å². The second-order valence-electron chi connectivity index (χ2n) is 4.17. The third-order valence-corrected chi connectivity index (χ3v) is 3.11. The number of hydrogen-bond donors (Lipinski definition) is 2. The van der Waals surface area contributed by atoms with Crippen molar-refractivity contribution in [3.05, 3.63) is 34.9 Å². The standard InChI is InChI=1S/C12H15ClN2O/c1-14-8-11(16)15-12(6-7-12)9-2-4-10(13)5-3-9/h2-5,14H,6-8H2,1H3,(H,15,16). The van der Waals surface area contributed by atoms with Gasteiger partial charge in [0.2, 0.25) is 5.91 Å². The molecule has 0 saturated heterocycles. The summed E-state index contributed by atoms with van der Waals surface area (Å²) in [5.41, 5.74) is 1.000. The number of likely N-dealkylation sites (N-methyl/N-ethyl adjacent to an activating group) is 1. The lowest BCUT2D eigenvalue weighted by Crippen LogP contribution is -2.39. The molecule has 1 aliphatic carbocycles. The third kappa shape index (κ3) is 2.36. The van der Waals surface area contributed by atoms with Crippen molar-refractivity contribution in [3.63, 3.8) is 0 Å². The molecule has 16 heavy (non-hydrogen) atoms. The molecule has 0 atom stereocenters. The van der Waals surface area contributed by atoms with Gasteiger partial charge in [-0.05, 0) is 37.6 Å². The molecule has 2 N–H and O–H groups in total. The van der Waals surface area contributed by atoms with Gasteiger partial charge in [0, 0.05) is 5.02 Å². The van der Waals surface area contributed by atoms with Gasteiger partial charge in [0.15, 0.2) is 0 Å². The van der Waals surface area contributed by atoms with E-state index in [2.05, 4.69) is 10.6 Å². The second kappa shape index (κ2) is 4.44. The van der Waals surface area contributed by atoms with Gasteiger partial charge in [-0.15, -0.1) is 0 Å². The van der Waals surface area contributed by atoms with E-state index in [0.717, 1.165) is 23.4 Å². The Bertz CT molecular complexity index is 385. The minimum atomic E-state index is -0.140. The fourth-order valence-corrected chi connectivity index (χ4v) is 1.98. The van der Waals surface area contributed by atoms with Crippen LogP contribution in [0.4, 0.5) is 0 Å². The lowest BCUT2D eigenvalue weighted by atomic mass is 10.1. The van der Waals surface area contributed by atoms with Crippen molar-refractivity contribution in [3.8, 4) is 0 Å². The third-order valence-electron chi connectivity index (χ3n) is 2.86. The second-order valence-corrected chi connectivity index (χ2v) is 4.60. The van der Waals surface area contributed by atoms with Crippen LogP contribution < -0.4 is 10.6 Å². The summed E-state index contributed by atoms with van der Waals surface area (Å²) in [7, 11) is 1.77. The molecule has 0 heterocycles. The monoisotopic (exact) mass is 238 g/mol. The zero-order chi connectivity index (χ0) is 11.6. The number of amides is 1. The fraction of sp³-hybridized carbons (Fsp3) is 0.417. The number of benzene rings is 1. The zero-order valence-electron chi connectivity index (χ0n) is 9.22. The Balaban J connectivity index is 2.08. The highest BCUT2D eigenvalue weighted by Gasteiger charge is 2.45. The van der Waals surface area contributed by atoms with Gasteiger partial charge in [-0.1, -0.05) is 23.7 Å². The van der Waals surface area contributed by atoms with Crippen LogP contribution in [0.5, 0.6) is 0 Å². The minimum Gasteiger partial charge on any atom is -0.345 e. The van der Waals surface area contributed by atoms with Crippen molar-refractivity contribution < 1.29 is 4.79 Å². The van der Waals surface area contributed by atoms with Gasteiger partial charge in [0.25, 0.3) is 0 Å². The number of nitrogens with one attached hydrogen (secondary N) is 2. The van der Waals surface area contributed by atoms with E-state index < -0.39 is 0 Å². The van der Waals surface area contributed by atoms with E-state index in [1.54, 1.807) is 7.05 Å². The van der Waals surface area contributed by atoms with Crippen LogP contribution in [0.2, 0.25) is 5.02 Å². The van der Waals surface area contributed by atoms with Gasteiger partial charge in [-0.3, -0.25) is 4.79 Å². The summed E-state index contributed by atoms with van der Waals surface area (Å²) < 4.78 is 0. The van der Waals surface area contributed by atoms with Gasteiger partial charge < -0.3 is 10.6 Å². The minimum absolute atomic E-state index is 0.0370. The van der Waals surface area contributed by atoms with Crippen LogP contribution in [0, 0.1) is 0 Å². The normalized spacial score (nSPS) is 16.9. The van der Waals surface area contributed by atoms with E-state index >= 15 is 0 Å². The lowest BCUT2D eigenvalue weighted by Gasteiger charge is -2.17. The summed E-state index contributed by atoms with van der Waals surface area (Å²) in [5.74, 6) is 0.0370. The molecule has 1 aromatic carbocycles. The molecular formula is C12H15ClN2O. The highest BCUT2D eigenvalue weighted by atomic mass is 35.5. The first-order valence-corrected chi connectivity index (χ1v) is 5.76. The predicted molar refractivity (Wildman–Crippen MR) is 64.4 cm³/mol. The Morgan fingerprint density at radius 3 is 2.50 bits per heavy atom. The molecule has 2 rings (SSSR count). The van der Waals surface area contributed by atoms with E-state index in [4.69, 9.17) is 11.6 Å². The Morgan fingerprint density at radius 1 is 1.38 bits per heavy atom. The highest BCUT2D eigenvalue weighted by molar-refractivity contribution is 6.30. The van der Waals surface area contributed by atoms with E-state index in [9.17, 15) is 4.79 Å². The molecule has 1 fully saturated rings. The maximum atomic E-state index is 11.5. The zero-order valence-corrected chi connectivity index (χ0v) is 9.97. The van der Waals surface area contributed by atoms with Gasteiger partial charge in [0.05, 0.1) is 12.1 Å². The maximum Gasteiger partial charge on any atom is 0.234 e. The Labute approximate surface area is 100 Å². The largest absolute Gasteiger partial charge is 0.345 e. The number of halogens is 1. The molecule has 86 valence electrons. The first kappa shape index (κ1) is 11.4. The van der Waals surface area contributed by atoms with Crippen LogP contribution in [0.3, 0.4) is 0 Å². The summed E-state index contributed by atoms with van der Waals surface area (Å²) in [6.45, 7) is 0.356. The first-order valence-electron chi connectivity index (χ1n) is 5.38. The van der Waals surface area contributed by atoms with Crippen molar-refractivity contribution in [2.45, 2.75) is 18.4 Å². The SMILES string of the molecule is CNCC(=O)NC1(c2ccc(Cl)cc2)CC1. The number of carbonyl (C=O) groups excluding carboxylic acids is 1. The Hall–Kier alpha value is -1.06. The van der Waals surface area contributed by atoms with Crippen molar-refractivity contribution in [1.82, 2.24) is 10.6 Å². The summed E-state index contributed by atoms with van der Waals surface area (Å²) in [4.78, 5) is 11.5. The number of rotatable bonds is 4. The molecule has 1 aliphatic rings. The highest BCUT2D eigenvalue weighted by Crippen LogP contribution is 2.45. The molecule has 1 amide bonds. The molecule has 1 aromatic rings. The lowest BCUT2D eigenvalue weighted by molar-refractivity contribution is -0.121. The van der Waals surface area contributed by atoms with E-state index in [1.165, 1.54) is 0 Å². The average molecular weight is 239 g/mol. The van der Waals surface area contributed by atoms with E-state index in [-0.39, 0.29) is 11.4 Å². The van der Waals surface area contributed by atoms with Crippen LogP contribution >= 0.6 is 11.6 Å². The van der Waals surface area contributed by atoms with Crippen LogP contribution in [0.1, 0.15) is 18.4 Å². The molecule has 0 radical (unpaired) electrons. The maximum absolute atomic E-state index is 11.5. The van der Waals surface area contributed by atoms with Crippen LogP contribution in [0.15, 0.2) is 24.3 Å². The van der Waals surface area contributed by atoms with E-state index in [0.29, 0.717) is 6.54 Å². The molecule has 0 aromatic heterocycles. The Morgan fingerprint density at radius 2 is 2.00 bits per heavy atom. The summed E-state index contributed by atoms with van der Waals surface area (Å²) in [6.07, 6.45) is 2.01. The molecule has 0 bridgehead atoms. The Kier molecular flexibility index (Phi) is 3.17. The first-order chi connectivity index (χ1) is 7.66. The van der Waals surface area contributed by atoms with Gasteiger partial charge in [0.1, 0.15) is 0 Å². The summed E-state index contributed by atoms with van der Waals surface area (Å²) in [6, 6.07) is 7.69. The quantitative estimate of drug-likeness (QED) is 0.838. The van der Waals surface area contributed by atoms with Gasteiger partial charge >= 0.3 is 0 Å². The molecule has 3 nitrogen and oxygen atoms in total. The number of carbonyl (C=O) groups is 1. The van der Waals surface area contributed by atoms with Crippen molar-refractivity contribution in [2.75, 3.05) is 13.6 Å². The van der Waals surface area contributed by atoms with Gasteiger partial charge in [-0.25, -0.2) is 0 Å². The predicted octanol–water partition coefficient (Wildman–Crippen LogP) is 1.66. The summed E-state index contributed by atoms with van der Waals surface area (Å²) in [5, 5.41) is 6.63. The smallest absolute Gasteiger partial charge is 0.234 e. The van der Waals surface area contributed by atoms with Crippen LogP contribution in [-0.2, 0) is 10.3 Å². The molecular weight excluding hydrogens is 224 g/mol. The van der Waals surface area contributed by atoms with Crippen molar-refractivity contribution in [2.24, 2.45) is 0 Å². The van der Waals surface area contributed by atoms with Gasteiger partial charge in [-0.2, -0.15) is 0 Å². The topological polar surface area (TPSA) is 41.1 Å². The van der Waals surface area contributed by atoms with Crippen molar-refractivity contribution in [1.29, 1.82) is 0 Å². The molecule has 0 spiro atoms.